The first-order chi connectivity index (χ1) is 18.9. The first-order valence-corrected chi connectivity index (χ1v) is 14.6. The fourth-order valence-electron chi connectivity index (χ4n) is 4.79. The molecular weight excluding hydrogens is 539 g/mol. The number of ether oxygens (including phenoxy) is 2. The number of halogens is 2. The van der Waals surface area contributed by atoms with E-state index in [2.05, 4.69) is 0 Å². The number of carbonyl (C=O) groups excluding carboxylic acids is 3. The quantitative estimate of drug-likeness (QED) is 0.180. The largest absolute Gasteiger partial charge is 0.462 e. The van der Waals surface area contributed by atoms with E-state index in [0.29, 0.717) is 49.2 Å². The molecule has 39 heavy (non-hydrogen) atoms. The maximum Gasteiger partial charge on any atom is 0.338 e. The molecule has 2 aromatic rings. The standard InChI is InChI=1S/C30H38Cl2N2O5/c31-16-14-22(15-17-32)8-5-19-38-29(36)25-12-10-23(11-13-25)20-26(33)28(35)34-18-4-9-27(34)30(37)39-21-24-6-2-1-3-7-24/h1-3,6-7,10-13,22,26-27H,4-5,8-9,14-21,33H2/t26-,27-/m0/s1. The minimum absolute atomic E-state index is 0.168. The molecule has 0 spiro atoms. The Morgan fingerprint density at radius 1 is 0.923 bits per heavy atom. The molecule has 0 radical (unpaired) electrons. The van der Waals surface area contributed by atoms with Crippen molar-refractivity contribution in [1.82, 2.24) is 4.90 Å². The number of benzene rings is 2. The number of likely N-dealkylation sites (tertiary alicyclic amines) is 1. The van der Waals surface area contributed by atoms with Gasteiger partial charge in [0.05, 0.1) is 18.2 Å². The van der Waals surface area contributed by atoms with Crippen molar-refractivity contribution in [2.75, 3.05) is 24.9 Å². The number of esters is 2. The van der Waals surface area contributed by atoms with Crippen LogP contribution < -0.4 is 5.73 Å². The Labute approximate surface area is 240 Å². The van der Waals surface area contributed by atoms with Crippen molar-refractivity contribution in [3.05, 3.63) is 71.3 Å². The number of amides is 1. The predicted molar refractivity (Wildman–Crippen MR) is 153 cm³/mol. The summed E-state index contributed by atoms with van der Waals surface area (Å²) in [5.74, 6) is 0.571. The summed E-state index contributed by atoms with van der Waals surface area (Å²) in [5.41, 5.74) is 8.41. The lowest BCUT2D eigenvalue weighted by Gasteiger charge is -2.26. The van der Waals surface area contributed by atoms with E-state index in [1.807, 2.05) is 30.3 Å². The van der Waals surface area contributed by atoms with E-state index in [4.69, 9.17) is 38.4 Å². The van der Waals surface area contributed by atoms with Gasteiger partial charge in [0.15, 0.2) is 0 Å². The Bertz CT molecular complexity index is 1050. The molecule has 0 aromatic heterocycles. The van der Waals surface area contributed by atoms with Crippen molar-refractivity contribution in [3.8, 4) is 0 Å². The van der Waals surface area contributed by atoms with Crippen LogP contribution >= 0.6 is 23.2 Å². The van der Waals surface area contributed by atoms with Crippen LogP contribution in [-0.4, -0.2) is 59.7 Å². The SMILES string of the molecule is N[C@@H](Cc1ccc(C(=O)OCCCC(CCCl)CCCl)cc1)C(=O)N1CCC[C@H]1C(=O)OCc1ccccc1. The number of nitrogens with two attached hydrogens (primary N) is 1. The van der Waals surface area contributed by atoms with Gasteiger partial charge in [-0.25, -0.2) is 9.59 Å². The normalized spacial score (nSPS) is 15.8. The fourth-order valence-corrected chi connectivity index (χ4v) is 5.41. The molecule has 2 aromatic carbocycles. The van der Waals surface area contributed by atoms with Crippen LogP contribution in [0.15, 0.2) is 54.6 Å². The van der Waals surface area contributed by atoms with Gasteiger partial charge in [0.2, 0.25) is 5.91 Å². The summed E-state index contributed by atoms with van der Waals surface area (Å²) >= 11 is 11.7. The number of hydrogen-bond acceptors (Lipinski definition) is 6. The van der Waals surface area contributed by atoms with Gasteiger partial charge in [-0.2, -0.15) is 0 Å². The van der Waals surface area contributed by atoms with Crippen LogP contribution in [-0.2, 0) is 32.1 Å². The molecule has 0 saturated carbocycles. The van der Waals surface area contributed by atoms with Gasteiger partial charge >= 0.3 is 11.9 Å². The van der Waals surface area contributed by atoms with E-state index in [-0.39, 0.29) is 18.5 Å². The van der Waals surface area contributed by atoms with Crippen molar-refractivity contribution in [2.45, 2.75) is 63.6 Å². The molecule has 2 atom stereocenters. The monoisotopic (exact) mass is 576 g/mol. The summed E-state index contributed by atoms with van der Waals surface area (Å²) < 4.78 is 10.9. The Hall–Kier alpha value is -2.61. The van der Waals surface area contributed by atoms with Gasteiger partial charge in [-0.15, -0.1) is 23.2 Å². The highest BCUT2D eigenvalue weighted by Crippen LogP contribution is 2.21. The second-order valence-electron chi connectivity index (χ2n) is 9.89. The van der Waals surface area contributed by atoms with E-state index < -0.39 is 18.1 Å². The summed E-state index contributed by atoms with van der Waals surface area (Å²) in [6.07, 6.45) is 5.06. The lowest BCUT2D eigenvalue weighted by molar-refractivity contribution is -0.154. The average molecular weight is 578 g/mol. The Morgan fingerprint density at radius 3 is 2.28 bits per heavy atom. The van der Waals surface area contributed by atoms with Gasteiger partial charge in [-0.05, 0) is 74.1 Å². The molecule has 1 aliphatic rings. The topological polar surface area (TPSA) is 98.9 Å². The Balaban J connectivity index is 1.45. The summed E-state index contributed by atoms with van der Waals surface area (Å²) in [5, 5.41) is 0. The van der Waals surface area contributed by atoms with Crippen molar-refractivity contribution in [2.24, 2.45) is 11.7 Å². The molecule has 0 bridgehead atoms. The Morgan fingerprint density at radius 2 is 1.62 bits per heavy atom. The van der Waals surface area contributed by atoms with Crippen LogP contribution in [0.2, 0.25) is 0 Å². The van der Waals surface area contributed by atoms with Crippen molar-refractivity contribution >= 4 is 41.0 Å². The number of rotatable bonds is 15. The molecule has 3 rings (SSSR count). The molecule has 2 N–H and O–H groups in total. The third kappa shape index (κ3) is 9.82. The maximum absolute atomic E-state index is 13.1. The molecular formula is C30H38Cl2N2O5. The van der Waals surface area contributed by atoms with Gasteiger partial charge in [0, 0.05) is 18.3 Å². The van der Waals surface area contributed by atoms with Crippen molar-refractivity contribution < 1.29 is 23.9 Å². The van der Waals surface area contributed by atoms with Crippen LogP contribution in [0.3, 0.4) is 0 Å². The minimum Gasteiger partial charge on any atom is -0.462 e. The van der Waals surface area contributed by atoms with E-state index in [9.17, 15) is 14.4 Å². The highest BCUT2D eigenvalue weighted by atomic mass is 35.5. The zero-order chi connectivity index (χ0) is 28.0. The zero-order valence-corrected chi connectivity index (χ0v) is 23.7. The molecule has 0 aliphatic carbocycles. The highest BCUT2D eigenvalue weighted by Gasteiger charge is 2.37. The van der Waals surface area contributed by atoms with Gasteiger partial charge < -0.3 is 20.1 Å². The third-order valence-electron chi connectivity index (χ3n) is 7.02. The van der Waals surface area contributed by atoms with Gasteiger partial charge in [-0.3, -0.25) is 4.79 Å². The minimum atomic E-state index is -0.806. The summed E-state index contributed by atoms with van der Waals surface area (Å²) in [6, 6.07) is 14.9. The number of nitrogens with zero attached hydrogens (tertiary/aromatic N) is 1. The maximum atomic E-state index is 13.1. The lowest BCUT2D eigenvalue weighted by atomic mass is 9.98. The molecule has 1 amide bonds. The number of hydrogen-bond donors (Lipinski definition) is 1. The van der Waals surface area contributed by atoms with E-state index in [1.54, 1.807) is 24.3 Å². The highest BCUT2D eigenvalue weighted by molar-refractivity contribution is 6.18. The average Bonchev–Trinajstić information content (AvgIpc) is 3.45. The Kier molecular flexibility index (Phi) is 13.1. The van der Waals surface area contributed by atoms with Crippen molar-refractivity contribution in [1.29, 1.82) is 0 Å². The van der Waals surface area contributed by atoms with Gasteiger partial charge in [0.1, 0.15) is 12.6 Å². The van der Waals surface area contributed by atoms with Crippen LogP contribution in [0.1, 0.15) is 60.0 Å². The number of alkyl halides is 2. The van der Waals surface area contributed by atoms with Gasteiger partial charge in [-0.1, -0.05) is 42.5 Å². The van der Waals surface area contributed by atoms with Crippen LogP contribution in [0.25, 0.3) is 0 Å². The molecule has 212 valence electrons. The van der Waals surface area contributed by atoms with E-state index >= 15 is 0 Å². The second-order valence-corrected chi connectivity index (χ2v) is 10.6. The molecule has 9 heteroatoms. The first kappa shape index (κ1) is 30.9. The van der Waals surface area contributed by atoms with Crippen LogP contribution in [0.5, 0.6) is 0 Å². The first-order valence-electron chi connectivity index (χ1n) is 13.6. The van der Waals surface area contributed by atoms with E-state index in [1.165, 1.54) is 4.90 Å². The third-order valence-corrected chi connectivity index (χ3v) is 7.46. The fraction of sp³-hybridized carbons (Fsp3) is 0.500. The molecule has 7 nitrogen and oxygen atoms in total. The summed E-state index contributed by atoms with van der Waals surface area (Å²) in [4.78, 5) is 39.7. The second kappa shape index (κ2) is 16.5. The van der Waals surface area contributed by atoms with Crippen LogP contribution in [0, 0.1) is 5.92 Å². The molecule has 1 saturated heterocycles. The van der Waals surface area contributed by atoms with Crippen LogP contribution in [0.4, 0.5) is 0 Å². The molecule has 0 unspecified atom stereocenters. The molecule has 1 heterocycles. The number of carbonyl (C=O) groups is 3. The molecule has 1 fully saturated rings. The summed E-state index contributed by atoms with van der Waals surface area (Å²) in [6.45, 7) is 0.981. The zero-order valence-electron chi connectivity index (χ0n) is 22.2. The predicted octanol–water partition coefficient (Wildman–Crippen LogP) is 5.10. The van der Waals surface area contributed by atoms with Gasteiger partial charge in [0.25, 0.3) is 0 Å². The molecule has 1 aliphatic heterocycles. The smallest absolute Gasteiger partial charge is 0.338 e. The summed E-state index contributed by atoms with van der Waals surface area (Å²) in [7, 11) is 0. The van der Waals surface area contributed by atoms with Crippen molar-refractivity contribution in [3.63, 3.8) is 0 Å². The van der Waals surface area contributed by atoms with E-state index in [0.717, 1.165) is 43.2 Å². The lowest BCUT2D eigenvalue weighted by Crippen LogP contribution is -2.49.